The molecule has 4 N–H and O–H groups in total. The fourth-order valence-corrected chi connectivity index (χ4v) is 3.90. The minimum atomic E-state index is -0.243. The first-order chi connectivity index (χ1) is 14.7. The Morgan fingerprint density at radius 2 is 2.23 bits per heavy atom. The zero-order valence-electron chi connectivity index (χ0n) is 18.0. The fraction of sp³-hybridized carbons (Fsp3) is 0.450. The molecule has 0 saturated carbocycles. The maximum absolute atomic E-state index is 12.3. The Kier molecular flexibility index (Phi) is 6.79. The molecule has 0 bridgehead atoms. The molecule has 31 heavy (non-hydrogen) atoms. The van der Waals surface area contributed by atoms with Gasteiger partial charge in [0.15, 0.2) is 0 Å². The van der Waals surface area contributed by atoms with Gasteiger partial charge in [0.05, 0.1) is 17.4 Å². The molecule has 3 heterocycles. The number of anilines is 4. The number of piperidine rings is 1. The Labute approximate surface area is 186 Å². The van der Waals surface area contributed by atoms with E-state index in [0.717, 1.165) is 25.1 Å². The van der Waals surface area contributed by atoms with Crippen LogP contribution in [0.1, 0.15) is 32.3 Å². The van der Waals surface area contributed by atoms with Crippen LogP contribution in [0.3, 0.4) is 0 Å². The van der Waals surface area contributed by atoms with Crippen molar-refractivity contribution in [2.24, 2.45) is 0 Å². The number of halogens is 1. The number of nitrogen functional groups attached to an aromatic ring is 1. The van der Waals surface area contributed by atoms with E-state index in [1.165, 1.54) is 6.08 Å². The molecule has 0 unspecified atom stereocenters. The van der Waals surface area contributed by atoms with E-state index >= 15 is 0 Å². The van der Waals surface area contributed by atoms with Gasteiger partial charge in [0.1, 0.15) is 16.8 Å². The monoisotopic (exact) mass is 445 g/mol. The second-order valence-corrected chi connectivity index (χ2v) is 7.92. The van der Waals surface area contributed by atoms with Crippen molar-refractivity contribution in [2.75, 3.05) is 29.5 Å². The van der Waals surface area contributed by atoms with Crippen molar-refractivity contribution in [1.82, 2.24) is 24.6 Å². The number of aryl methyl sites for hydroxylation is 1. The average Bonchev–Trinajstić information content (AvgIpc) is 3.19. The maximum atomic E-state index is 12.3. The van der Waals surface area contributed by atoms with Gasteiger partial charge in [0.2, 0.25) is 11.9 Å². The minimum absolute atomic E-state index is 0.0279. The van der Waals surface area contributed by atoms with Crippen LogP contribution in [-0.2, 0) is 11.3 Å². The van der Waals surface area contributed by atoms with Crippen molar-refractivity contribution in [3.05, 3.63) is 30.6 Å². The second-order valence-electron chi connectivity index (χ2n) is 7.54. The molecule has 1 aliphatic rings. The summed E-state index contributed by atoms with van der Waals surface area (Å²) in [5.74, 6) is 0.710. The summed E-state index contributed by atoms with van der Waals surface area (Å²) >= 11 is 6.04. The van der Waals surface area contributed by atoms with E-state index in [4.69, 9.17) is 22.7 Å². The highest BCUT2D eigenvalue weighted by Crippen LogP contribution is 2.30. The number of aromatic nitrogens is 4. The highest BCUT2D eigenvalue weighted by molar-refractivity contribution is 6.69. The van der Waals surface area contributed by atoms with Crippen molar-refractivity contribution in [3.63, 3.8) is 0 Å². The second kappa shape index (κ2) is 9.34. The highest BCUT2D eigenvalue weighted by atomic mass is 35.5. The molecule has 2 aromatic heterocycles. The van der Waals surface area contributed by atoms with E-state index in [0.29, 0.717) is 12.4 Å². The van der Waals surface area contributed by atoms with E-state index < -0.39 is 0 Å². The van der Waals surface area contributed by atoms with Crippen LogP contribution in [-0.4, -0.2) is 61.4 Å². The number of likely N-dealkylation sites (tertiary alicyclic amines) is 1. The van der Waals surface area contributed by atoms with Gasteiger partial charge in [-0.05, 0) is 32.8 Å². The Balaban J connectivity index is 1.93. The average molecular weight is 446 g/mol. The smallest absolute Gasteiger partial charge is 0.246 e. The number of nitrogens with zero attached hydrogens (tertiary/aromatic N) is 6. The van der Waals surface area contributed by atoms with Crippen LogP contribution in [0.4, 0.5) is 23.3 Å². The number of rotatable bonds is 7. The third-order valence-electron chi connectivity index (χ3n) is 5.55. The van der Waals surface area contributed by atoms with Gasteiger partial charge in [-0.15, -0.1) is 0 Å². The number of hydrogen-bond donors (Lipinski definition) is 3. The predicted octanol–water partition coefficient (Wildman–Crippen LogP) is 2.58. The molecule has 2 aromatic rings. The van der Waals surface area contributed by atoms with Crippen LogP contribution in [0, 0.1) is 5.41 Å². The van der Waals surface area contributed by atoms with E-state index in [9.17, 15) is 4.79 Å². The molecule has 0 radical (unpaired) electrons. The lowest BCUT2D eigenvalue weighted by molar-refractivity contribution is -0.129. The van der Waals surface area contributed by atoms with Crippen molar-refractivity contribution < 1.29 is 4.79 Å². The summed E-state index contributed by atoms with van der Waals surface area (Å²) in [7, 11) is 1.86. The van der Waals surface area contributed by atoms with Crippen LogP contribution >= 0.6 is 11.6 Å². The molecule has 10 nitrogen and oxygen atoms in total. The summed E-state index contributed by atoms with van der Waals surface area (Å²) in [5, 5.41) is 15.1. The van der Waals surface area contributed by atoms with Crippen LogP contribution in [0.25, 0.3) is 0 Å². The SMILES string of the molecule is C=CC(=O)N1C[C@H](N(C)c2nc(Nc3cnn(CC)c3)nc(N)c2C(=N)Cl)CC[C@@H]1C. The molecule has 2 atom stereocenters. The van der Waals surface area contributed by atoms with E-state index in [-0.39, 0.29) is 40.5 Å². The Bertz CT molecular complexity index is 989. The lowest BCUT2D eigenvalue weighted by atomic mass is 9.98. The van der Waals surface area contributed by atoms with E-state index in [1.807, 2.05) is 32.0 Å². The summed E-state index contributed by atoms with van der Waals surface area (Å²) < 4.78 is 1.77. The summed E-state index contributed by atoms with van der Waals surface area (Å²) in [6, 6.07) is 0.101. The normalized spacial score (nSPS) is 18.5. The molecule has 1 saturated heterocycles. The highest BCUT2D eigenvalue weighted by Gasteiger charge is 2.32. The number of carbonyl (C=O) groups is 1. The number of nitrogens with one attached hydrogen (secondary N) is 2. The van der Waals surface area contributed by atoms with Crippen molar-refractivity contribution in [3.8, 4) is 0 Å². The van der Waals surface area contributed by atoms with Crippen LogP contribution in [0.5, 0.6) is 0 Å². The Morgan fingerprint density at radius 3 is 2.84 bits per heavy atom. The van der Waals surface area contributed by atoms with Gasteiger partial charge < -0.3 is 20.9 Å². The first kappa shape index (κ1) is 22.5. The molecular formula is C20H28ClN9O. The standard InChI is InChI=1S/C20H28ClN9O/c1-5-15(31)30-11-14(8-7-12(30)3)28(4)19-16(17(21)22)18(23)26-20(27-19)25-13-9-24-29(6-2)10-13/h5,9-10,12,14,22H,1,6-8,11H2,2-4H3,(H3,23,25,26,27)/t12-,14+/m0/s1. The van der Waals surface area contributed by atoms with Gasteiger partial charge in [-0.25, -0.2) is 0 Å². The first-order valence-corrected chi connectivity index (χ1v) is 10.5. The molecule has 11 heteroatoms. The number of likely N-dealkylation sites (N-methyl/N-ethyl adjacent to an activating group) is 1. The number of amides is 1. The van der Waals surface area contributed by atoms with E-state index in [2.05, 4.69) is 27.0 Å². The molecule has 3 rings (SSSR count). The zero-order chi connectivity index (χ0) is 22.7. The topological polar surface area (TPSA) is 129 Å². The number of nitrogens with two attached hydrogens (primary N) is 1. The third kappa shape index (κ3) is 4.79. The van der Waals surface area contributed by atoms with Crippen molar-refractivity contribution in [2.45, 2.75) is 45.3 Å². The Hall–Kier alpha value is -3.14. The van der Waals surface area contributed by atoms with Crippen molar-refractivity contribution >= 4 is 46.0 Å². The molecule has 0 spiro atoms. The Morgan fingerprint density at radius 1 is 1.48 bits per heavy atom. The molecule has 0 aromatic carbocycles. The molecule has 166 valence electrons. The van der Waals surface area contributed by atoms with Crippen molar-refractivity contribution in [1.29, 1.82) is 5.41 Å². The molecule has 1 amide bonds. The van der Waals surface area contributed by atoms with E-state index in [1.54, 1.807) is 15.8 Å². The lowest BCUT2D eigenvalue weighted by Crippen LogP contribution is -2.52. The molecule has 0 aliphatic carbocycles. The van der Waals surface area contributed by atoms with Crippen LogP contribution in [0.15, 0.2) is 25.0 Å². The summed E-state index contributed by atoms with van der Waals surface area (Å²) in [4.78, 5) is 24.9. The van der Waals surface area contributed by atoms with Gasteiger partial charge in [0, 0.05) is 38.4 Å². The fourth-order valence-electron chi connectivity index (χ4n) is 3.72. The largest absolute Gasteiger partial charge is 0.383 e. The zero-order valence-corrected chi connectivity index (χ0v) is 18.7. The molecular weight excluding hydrogens is 418 g/mol. The van der Waals surface area contributed by atoms with Crippen LogP contribution in [0.2, 0.25) is 0 Å². The van der Waals surface area contributed by atoms with Gasteiger partial charge in [-0.1, -0.05) is 18.2 Å². The summed E-state index contributed by atoms with van der Waals surface area (Å²) in [6.07, 6.45) is 6.53. The predicted molar refractivity (Wildman–Crippen MR) is 123 cm³/mol. The lowest BCUT2D eigenvalue weighted by Gasteiger charge is -2.41. The minimum Gasteiger partial charge on any atom is -0.383 e. The van der Waals surface area contributed by atoms with Gasteiger partial charge >= 0.3 is 0 Å². The van der Waals surface area contributed by atoms with Gasteiger partial charge in [-0.3, -0.25) is 14.9 Å². The van der Waals surface area contributed by atoms with Crippen LogP contribution < -0.4 is 16.0 Å². The van der Waals surface area contributed by atoms with Gasteiger partial charge in [-0.2, -0.15) is 15.1 Å². The first-order valence-electron chi connectivity index (χ1n) is 10.1. The molecule has 1 fully saturated rings. The summed E-state index contributed by atoms with van der Waals surface area (Å²) in [6.45, 7) is 8.87. The number of carbonyl (C=O) groups excluding carboxylic acids is 1. The van der Waals surface area contributed by atoms with Gasteiger partial charge in [0.25, 0.3) is 0 Å². The third-order valence-corrected chi connectivity index (χ3v) is 5.74. The maximum Gasteiger partial charge on any atom is 0.246 e. The molecule has 1 aliphatic heterocycles. The number of hydrogen-bond acceptors (Lipinski definition) is 8. The quantitative estimate of drug-likeness (QED) is 0.441. The summed E-state index contributed by atoms with van der Waals surface area (Å²) in [5.41, 5.74) is 7.14.